The number of carbonyl (C=O) groups excluding carboxylic acids is 1. The van der Waals surface area contributed by atoms with Crippen LogP contribution in [0.25, 0.3) is 22.0 Å². The van der Waals surface area contributed by atoms with Gasteiger partial charge in [0.05, 0.1) is 18.0 Å². The summed E-state index contributed by atoms with van der Waals surface area (Å²) in [5.74, 6) is -0.588. The topological polar surface area (TPSA) is 59.4 Å². The Kier molecular flexibility index (Phi) is 6.20. The molecule has 1 aromatic heterocycles. The summed E-state index contributed by atoms with van der Waals surface area (Å²) in [5.41, 5.74) is 3.72. The quantitative estimate of drug-likeness (QED) is 0.497. The van der Waals surface area contributed by atoms with E-state index in [4.69, 9.17) is 9.72 Å². The first kappa shape index (κ1) is 19.1. The van der Waals surface area contributed by atoms with Gasteiger partial charge in [0, 0.05) is 17.4 Å². The Bertz CT molecular complexity index is 919. The molecule has 140 valence electrons. The van der Waals surface area contributed by atoms with Gasteiger partial charge in [0.15, 0.2) is 6.10 Å². The Labute approximate surface area is 159 Å². The van der Waals surface area contributed by atoms with Gasteiger partial charge in [-0.15, -0.1) is 0 Å². The summed E-state index contributed by atoms with van der Waals surface area (Å²) in [4.78, 5) is 16.8. The van der Waals surface area contributed by atoms with Crippen molar-refractivity contribution in [3.05, 3.63) is 65.9 Å². The maximum absolute atomic E-state index is 12.1. The highest BCUT2D eigenvalue weighted by molar-refractivity contribution is 5.88. The largest absolute Gasteiger partial charge is 0.464 e. The number of hydrogen-bond acceptors (Lipinski definition) is 4. The molecular weight excluding hydrogens is 338 g/mol. The van der Waals surface area contributed by atoms with E-state index < -0.39 is 12.1 Å². The van der Waals surface area contributed by atoms with Crippen LogP contribution in [0.5, 0.6) is 0 Å². The van der Waals surface area contributed by atoms with Crippen LogP contribution in [-0.2, 0) is 16.0 Å². The van der Waals surface area contributed by atoms with E-state index in [9.17, 15) is 9.90 Å². The van der Waals surface area contributed by atoms with Gasteiger partial charge in [-0.3, -0.25) is 4.98 Å². The number of aromatic nitrogens is 1. The SMILES string of the molecule is CCCCOC(=O)C(O)Cc1nc(-c2ccc(C)cc2)cc2ccccc12. The van der Waals surface area contributed by atoms with E-state index in [0.717, 1.165) is 34.9 Å². The highest BCUT2D eigenvalue weighted by Gasteiger charge is 2.20. The zero-order chi connectivity index (χ0) is 19.2. The van der Waals surface area contributed by atoms with Gasteiger partial charge in [-0.25, -0.2) is 4.79 Å². The maximum Gasteiger partial charge on any atom is 0.335 e. The Morgan fingerprint density at radius 3 is 2.63 bits per heavy atom. The molecule has 1 N–H and O–H groups in total. The number of benzene rings is 2. The van der Waals surface area contributed by atoms with Gasteiger partial charge in [0.25, 0.3) is 0 Å². The Morgan fingerprint density at radius 2 is 1.89 bits per heavy atom. The van der Waals surface area contributed by atoms with E-state index in [1.807, 2.05) is 68.4 Å². The van der Waals surface area contributed by atoms with E-state index in [2.05, 4.69) is 0 Å². The van der Waals surface area contributed by atoms with Crippen molar-refractivity contribution in [3.63, 3.8) is 0 Å². The molecular formula is C23H25NO3. The Hall–Kier alpha value is -2.72. The number of fused-ring (bicyclic) bond motifs is 1. The third-order valence-corrected chi connectivity index (χ3v) is 4.57. The first-order chi connectivity index (χ1) is 13.1. The molecule has 0 aliphatic heterocycles. The molecule has 1 atom stereocenters. The van der Waals surface area contributed by atoms with Gasteiger partial charge in [-0.05, 0) is 24.8 Å². The molecule has 0 amide bonds. The number of aryl methyl sites for hydroxylation is 1. The lowest BCUT2D eigenvalue weighted by molar-refractivity contribution is -0.153. The minimum absolute atomic E-state index is 0.130. The number of ether oxygens (including phenoxy) is 1. The summed E-state index contributed by atoms with van der Waals surface area (Å²) >= 11 is 0. The predicted octanol–water partition coefficient (Wildman–Crippen LogP) is 4.46. The average Bonchev–Trinajstić information content (AvgIpc) is 2.68. The Morgan fingerprint density at radius 1 is 1.15 bits per heavy atom. The van der Waals surface area contributed by atoms with Crippen molar-refractivity contribution in [2.24, 2.45) is 0 Å². The molecule has 2 aromatic carbocycles. The van der Waals surface area contributed by atoms with Gasteiger partial charge in [-0.2, -0.15) is 0 Å². The fourth-order valence-electron chi connectivity index (χ4n) is 2.98. The van der Waals surface area contributed by atoms with Crippen molar-refractivity contribution < 1.29 is 14.6 Å². The van der Waals surface area contributed by atoms with E-state index in [-0.39, 0.29) is 6.42 Å². The van der Waals surface area contributed by atoms with Crippen LogP contribution < -0.4 is 0 Å². The molecule has 0 spiro atoms. The summed E-state index contributed by atoms with van der Waals surface area (Å²) in [6.07, 6.45) is 0.646. The summed E-state index contributed by atoms with van der Waals surface area (Å²) in [5, 5.41) is 12.3. The van der Waals surface area contributed by atoms with Crippen molar-refractivity contribution >= 4 is 16.7 Å². The maximum atomic E-state index is 12.1. The summed E-state index contributed by atoms with van der Waals surface area (Å²) in [7, 11) is 0. The normalized spacial score (nSPS) is 12.1. The smallest absolute Gasteiger partial charge is 0.335 e. The van der Waals surface area contributed by atoms with Crippen LogP contribution in [0.15, 0.2) is 54.6 Å². The number of aliphatic hydroxyl groups is 1. The van der Waals surface area contributed by atoms with Gasteiger partial charge in [0.1, 0.15) is 0 Å². The van der Waals surface area contributed by atoms with Crippen LogP contribution in [-0.4, -0.2) is 28.8 Å². The number of carbonyl (C=O) groups is 1. The molecule has 0 bridgehead atoms. The van der Waals surface area contributed by atoms with Gasteiger partial charge in [-0.1, -0.05) is 67.4 Å². The predicted molar refractivity (Wildman–Crippen MR) is 107 cm³/mol. The van der Waals surface area contributed by atoms with E-state index >= 15 is 0 Å². The minimum atomic E-state index is -1.22. The van der Waals surface area contributed by atoms with E-state index in [0.29, 0.717) is 12.3 Å². The van der Waals surface area contributed by atoms with Crippen LogP contribution in [0.1, 0.15) is 31.0 Å². The van der Waals surface area contributed by atoms with Crippen LogP contribution >= 0.6 is 0 Å². The monoisotopic (exact) mass is 363 g/mol. The number of unbranched alkanes of at least 4 members (excludes halogenated alkanes) is 1. The number of rotatable bonds is 7. The highest BCUT2D eigenvalue weighted by Crippen LogP contribution is 2.26. The number of hydrogen-bond donors (Lipinski definition) is 1. The summed E-state index contributed by atoms with van der Waals surface area (Å²) < 4.78 is 5.14. The van der Waals surface area contributed by atoms with Gasteiger partial charge >= 0.3 is 5.97 Å². The van der Waals surface area contributed by atoms with Crippen molar-refractivity contribution in [2.45, 2.75) is 39.2 Å². The van der Waals surface area contributed by atoms with E-state index in [1.54, 1.807) is 0 Å². The highest BCUT2D eigenvalue weighted by atomic mass is 16.5. The summed E-state index contributed by atoms with van der Waals surface area (Å²) in [6.45, 7) is 4.41. The molecule has 4 heteroatoms. The lowest BCUT2D eigenvalue weighted by atomic mass is 10.0. The van der Waals surface area contributed by atoms with Crippen LogP contribution in [0.3, 0.4) is 0 Å². The standard InChI is InChI=1S/C23H25NO3/c1-3-4-13-27-23(26)22(25)15-21-19-8-6-5-7-18(19)14-20(24-21)17-11-9-16(2)10-12-17/h5-12,14,22,25H,3-4,13,15H2,1-2H3. The lowest BCUT2D eigenvalue weighted by Gasteiger charge is -2.13. The zero-order valence-electron chi connectivity index (χ0n) is 15.8. The molecule has 27 heavy (non-hydrogen) atoms. The Balaban J connectivity index is 1.91. The minimum Gasteiger partial charge on any atom is -0.464 e. The number of aliphatic hydroxyl groups excluding tert-OH is 1. The molecule has 0 saturated carbocycles. The van der Waals surface area contributed by atoms with Crippen LogP contribution in [0.2, 0.25) is 0 Å². The number of esters is 1. The van der Waals surface area contributed by atoms with Gasteiger partial charge in [0.2, 0.25) is 0 Å². The third-order valence-electron chi connectivity index (χ3n) is 4.57. The molecule has 0 aliphatic rings. The first-order valence-electron chi connectivity index (χ1n) is 9.39. The van der Waals surface area contributed by atoms with E-state index in [1.165, 1.54) is 5.56 Å². The number of nitrogens with zero attached hydrogens (tertiary/aromatic N) is 1. The fraction of sp³-hybridized carbons (Fsp3) is 0.304. The fourth-order valence-corrected chi connectivity index (χ4v) is 2.98. The molecule has 0 radical (unpaired) electrons. The van der Waals surface area contributed by atoms with Crippen molar-refractivity contribution in [1.29, 1.82) is 0 Å². The molecule has 3 aromatic rings. The number of pyridine rings is 1. The molecule has 0 fully saturated rings. The molecule has 0 saturated heterocycles. The third kappa shape index (κ3) is 4.72. The van der Waals surface area contributed by atoms with Crippen molar-refractivity contribution in [1.82, 2.24) is 4.98 Å². The summed E-state index contributed by atoms with van der Waals surface area (Å²) in [6, 6.07) is 18.1. The second-order valence-electron chi connectivity index (χ2n) is 6.78. The van der Waals surface area contributed by atoms with Gasteiger partial charge < -0.3 is 9.84 Å². The average molecular weight is 363 g/mol. The molecule has 0 aliphatic carbocycles. The first-order valence-corrected chi connectivity index (χ1v) is 9.39. The molecule has 3 rings (SSSR count). The van der Waals surface area contributed by atoms with Crippen molar-refractivity contribution in [3.8, 4) is 11.3 Å². The molecule has 4 nitrogen and oxygen atoms in total. The van der Waals surface area contributed by atoms with Crippen molar-refractivity contribution in [2.75, 3.05) is 6.61 Å². The second kappa shape index (κ2) is 8.78. The molecule has 1 heterocycles. The van der Waals surface area contributed by atoms with Crippen LogP contribution in [0, 0.1) is 6.92 Å². The second-order valence-corrected chi connectivity index (χ2v) is 6.78. The van der Waals surface area contributed by atoms with Crippen LogP contribution in [0.4, 0.5) is 0 Å². The molecule has 1 unspecified atom stereocenters. The lowest BCUT2D eigenvalue weighted by Crippen LogP contribution is -2.26. The zero-order valence-corrected chi connectivity index (χ0v) is 15.8.